The van der Waals surface area contributed by atoms with Crippen LogP contribution in [0.15, 0.2) is 0 Å². The summed E-state index contributed by atoms with van der Waals surface area (Å²) in [6.45, 7) is 0.692. The topological polar surface area (TPSA) is 84.2 Å². The number of aliphatic hydroxyl groups excluding tert-OH is 3. The molecule has 0 spiro atoms. The molecule has 0 radical (unpaired) electrons. The molecule has 0 unspecified atom stereocenters. The normalized spacial score (nSPS) is 47.6. The third kappa shape index (κ3) is 1.68. The van der Waals surface area contributed by atoms with Crippen molar-refractivity contribution in [2.24, 2.45) is 0 Å². The molecule has 2 heterocycles. The standard InChI is InChI=1S/C10H19NO4/c12-6-10(15)8-3-1-2-4-11(8)5-7(13)9(10)14/h7-9,12-15H,1-6H2/t7-,8+,9+,10+/m0/s1. The second kappa shape index (κ2) is 3.99. The van der Waals surface area contributed by atoms with Gasteiger partial charge in [-0.05, 0) is 19.4 Å². The van der Waals surface area contributed by atoms with Gasteiger partial charge in [0.05, 0.1) is 12.7 Å². The fourth-order valence-corrected chi connectivity index (χ4v) is 2.84. The molecule has 0 aliphatic carbocycles. The Morgan fingerprint density at radius 1 is 1.27 bits per heavy atom. The summed E-state index contributed by atoms with van der Waals surface area (Å²) in [5, 5.41) is 38.8. The van der Waals surface area contributed by atoms with Crippen molar-refractivity contribution in [3.05, 3.63) is 0 Å². The van der Waals surface area contributed by atoms with E-state index in [9.17, 15) is 20.4 Å². The predicted octanol–water partition coefficient (Wildman–Crippen LogP) is -1.70. The van der Waals surface area contributed by atoms with Crippen molar-refractivity contribution < 1.29 is 20.4 Å². The Labute approximate surface area is 88.9 Å². The summed E-state index contributed by atoms with van der Waals surface area (Å²) in [6.07, 6.45) is 0.576. The minimum atomic E-state index is -1.57. The minimum absolute atomic E-state index is 0.227. The molecule has 2 rings (SSSR count). The maximum absolute atomic E-state index is 10.2. The smallest absolute Gasteiger partial charge is 0.131 e. The van der Waals surface area contributed by atoms with Crippen LogP contribution in [-0.2, 0) is 0 Å². The first-order chi connectivity index (χ1) is 7.09. The van der Waals surface area contributed by atoms with E-state index < -0.39 is 24.4 Å². The molecule has 5 nitrogen and oxygen atoms in total. The van der Waals surface area contributed by atoms with E-state index in [1.54, 1.807) is 0 Å². The molecule has 4 N–H and O–H groups in total. The summed E-state index contributed by atoms with van der Waals surface area (Å²) in [5.41, 5.74) is -1.57. The Kier molecular flexibility index (Phi) is 3.00. The van der Waals surface area contributed by atoms with E-state index in [1.807, 2.05) is 4.90 Å². The average molecular weight is 217 g/mol. The van der Waals surface area contributed by atoms with Crippen LogP contribution in [-0.4, -0.2) is 68.9 Å². The number of fused-ring (bicyclic) bond motifs is 1. The van der Waals surface area contributed by atoms with Gasteiger partial charge >= 0.3 is 0 Å². The van der Waals surface area contributed by atoms with Crippen molar-refractivity contribution in [3.8, 4) is 0 Å². The second-order valence-corrected chi connectivity index (χ2v) is 4.67. The number of hydrogen-bond acceptors (Lipinski definition) is 5. The van der Waals surface area contributed by atoms with Gasteiger partial charge in [-0.1, -0.05) is 6.42 Å². The molecule has 15 heavy (non-hydrogen) atoms. The predicted molar refractivity (Wildman–Crippen MR) is 53.3 cm³/mol. The molecular formula is C10H19NO4. The van der Waals surface area contributed by atoms with E-state index in [4.69, 9.17) is 0 Å². The third-order valence-electron chi connectivity index (χ3n) is 3.74. The number of rotatable bonds is 1. The van der Waals surface area contributed by atoms with E-state index in [-0.39, 0.29) is 6.04 Å². The first-order valence-electron chi connectivity index (χ1n) is 5.53. The third-order valence-corrected chi connectivity index (χ3v) is 3.74. The molecule has 2 aliphatic heterocycles. The van der Waals surface area contributed by atoms with Crippen molar-refractivity contribution in [3.63, 3.8) is 0 Å². The highest BCUT2D eigenvalue weighted by atomic mass is 16.4. The van der Waals surface area contributed by atoms with Gasteiger partial charge in [0.25, 0.3) is 0 Å². The minimum Gasteiger partial charge on any atom is -0.393 e. The van der Waals surface area contributed by atoms with E-state index in [0.29, 0.717) is 6.54 Å². The maximum atomic E-state index is 10.2. The zero-order valence-electron chi connectivity index (χ0n) is 8.71. The molecule has 0 amide bonds. The van der Waals surface area contributed by atoms with Crippen LogP contribution in [0, 0.1) is 0 Å². The molecule has 0 aromatic heterocycles. The van der Waals surface area contributed by atoms with E-state index in [2.05, 4.69) is 0 Å². The first-order valence-corrected chi connectivity index (χ1v) is 5.53. The van der Waals surface area contributed by atoms with Crippen LogP contribution < -0.4 is 0 Å². The van der Waals surface area contributed by atoms with Crippen molar-refractivity contribution in [2.45, 2.75) is 43.1 Å². The molecule has 5 heteroatoms. The van der Waals surface area contributed by atoms with Crippen LogP contribution in [0.3, 0.4) is 0 Å². The number of aliphatic hydroxyl groups is 4. The van der Waals surface area contributed by atoms with Gasteiger partial charge < -0.3 is 20.4 Å². The van der Waals surface area contributed by atoms with Gasteiger partial charge in [-0.25, -0.2) is 0 Å². The highest BCUT2D eigenvalue weighted by molar-refractivity contribution is 5.06. The van der Waals surface area contributed by atoms with E-state index >= 15 is 0 Å². The van der Waals surface area contributed by atoms with Crippen molar-refractivity contribution in [1.82, 2.24) is 4.90 Å². The zero-order chi connectivity index (χ0) is 11.1. The van der Waals surface area contributed by atoms with Crippen LogP contribution in [0.1, 0.15) is 19.3 Å². The van der Waals surface area contributed by atoms with Gasteiger partial charge in [0.2, 0.25) is 0 Å². The molecule has 2 aliphatic rings. The SMILES string of the molecule is OC[C@]1(O)[C@H](O)[C@@H](O)CN2CCCC[C@@H]21. The summed E-state index contributed by atoms with van der Waals surface area (Å²) in [7, 11) is 0. The largest absolute Gasteiger partial charge is 0.393 e. The maximum Gasteiger partial charge on any atom is 0.131 e. The van der Waals surface area contributed by atoms with Gasteiger partial charge in [0, 0.05) is 12.6 Å². The summed E-state index contributed by atoms with van der Waals surface area (Å²) >= 11 is 0. The highest BCUT2D eigenvalue weighted by Gasteiger charge is 2.53. The van der Waals surface area contributed by atoms with E-state index in [0.717, 1.165) is 25.8 Å². The quantitative estimate of drug-likeness (QED) is 0.421. The van der Waals surface area contributed by atoms with Crippen molar-refractivity contribution in [1.29, 1.82) is 0 Å². The molecular weight excluding hydrogens is 198 g/mol. The zero-order valence-corrected chi connectivity index (χ0v) is 8.71. The molecule has 2 saturated heterocycles. The summed E-state index contributed by atoms with van der Waals surface area (Å²) in [6, 6.07) is -0.227. The Morgan fingerprint density at radius 3 is 2.67 bits per heavy atom. The lowest BCUT2D eigenvalue weighted by Gasteiger charge is -2.52. The van der Waals surface area contributed by atoms with Crippen molar-refractivity contribution >= 4 is 0 Å². The molecule has 88 valence electrons. The molecule has 0 aromatic carbocycles. The van der Waals surface area contributed by atoms with Gasteiger partial charge in [0.15, 0.2) is 0 Å². The van der Waals surface area contributed by atoms with Crippen LogP contribution in [0.25, 0.3) is 0 Å². The van der Waals surface area contributed by atoms with E-state index in [1.165, 1.54) is 0 Å². The summed E-state index contributed by atoms with van der Waals surface area (Å²) in [5.74, 6) is 0. The van der Waals surface area contributed by atoms with Gasteiger partial charge in [0.1, 0.15) is 11.7 Å². The van der Waals surface area contributed by atoms with Crippen LogP contribution in [0.4, 0.5) is 0 Å². The first kappa shape index (κ1) is 11.3. The monoisotopic (exact) mass is 217 g/mol. The summed E-state index contributed by atoms with van der Waals surface area (Å²) in [4.78, 5) is 1.97. The lowest BCUT2D eigenvalue weighted by Crippen LogP contribution is -2.71. The molecule has 4 atom stereocenters. The van der Waals surface area contributed by atoms with Gasteiger partial charge in [-0.3, -0.25) is 4.90 Å². The highest BCUT2D eigenvalue weighted by Crippen LogP contribution is 2.34. The van der Waals surface area contributed by atoms with Crippen LogP contribution >= 0.6 is 0 Å². The summed E-state index contributed by atoms with van der Waals surface area (Å²) < 4.78 is 0. The molecule has 0 aromatic rings. The van der Waals surface area contributed by atoms with Crippen molar-refractivity contribution in [2.75, 3.05) is 19.7 Å². The Hall–Kier alpha value is -0.200. The number of piperidine rings is 2. The van der Waals surface area contributed by atoms with Gasteiger partial charge in [-0.2, -0.15) is 0 Å². The Balaban J connectivity index is 2.23. The lowest BCUT2D eigenvalue weighted by atomic mass is 9.77. The Morgan fingerprint density at radius 2 is 2.00 bits per heavy atom. The number of nitrogens with zero attached hydrogens (tertiary/aromatic N) is 1. The molecule has 0 saturated carbocycles. The Bertz CT molecular complexity index is 237. The molecule has 2 fully saturated rings. The fourth-order valence-electron chi connectivity index (χ4n) is 2.84. The van der Waals surface area contributed by atoms with Crippen LogP contribution in [0.5, 0.6) is 0 Å². The number of hydrogen-bond donors (Lipinski definition) is 4. The van der Waals surface area contributed by atoms with Gasteiger partial charge in [-0.15, -0.1) is 0 Å². The lowest BCUT2D eigenvalue weighted by molar-refractivity contribution is -0.219. The fraction of sp³-hybridized carbons (Fsp3) is 1.00. The molecule has 0 bridgehead atoms. The van der Waals surface area contributed by atoms with Crippen LogP contribution in [0.2, 0.25) is 0 Å². The average Bonchev–Trinajstić information content (AvgIpc) is 2.26. The second-order valence-electron chi connectivity index (χ2n) is 4.67.